The monoisotopic (exact) mass is 155 g/mol. The third kappa shape index (κ3) is 1.31. The molecule has 5 heteroatoms. The Labute approximate surface area is 63.4 Å². The normalized spacial score (nSPS) is 9.64. The molecule has 0 bridgehead atoms. The van der Waals surface area contributed by atoms with Crippen LogP contribution in [0.1, 0.15) is 5.69 Å². The predicted octanol–water partition coefficient (Wildman–Crippen LogP) is -0.0831. The number of rotatable bonds is 1. The average Bonchev–Trinajstić information content (AvgIpc) is 1.99. The van der Waals surface area contributed by atoms with Crippen LogP contribution in [0.4, 0.5) is 0 Å². The van der Waals surface area contributed by atoms with Gasteiger partial charge in [0.05, 0.1) is 12.8 Å². The molecule has 0 aromatic carbocycles. The second-order valence-corrected chi connectivity index (χ2v) is 2.08. The molecular weight excluding hydrogens is 146 g/mol. The van der Waals surface area contributed by atoms with Gasteiger partial charge in [0.25, 0.3) is 5.62 Å². The molecule has 1 aromatic rings. The van der Waals surface area contributed by atoms with Gasteiger partial charge >= 0.3 is 0 Å². The highest BCUT2D eigenvalue weighted by atomic mass is 16.5. The van der Waals surface area contributed by atoms with Crippen LogP contribution in [0.3, 0.4) is 0 Å². The highest BCUT2D eigenvalue weighted by Gasteiger charge is 1.99. The zero-order chi connectivity index (χ0) is 8.43. The van der Waals surface area contributed by atoms with E-state index in [1.807, 2.05) is 0 Å². The standard InChI is InChI=1S/C6H9N3O2/c1-4-3-5(11-2)8-6(7)9(4)10/h3,7,10H,1-2H3. The summed E-state index contributed by atoms with van der Waals surface area (Å²) in [6.45, 7) is 1.66. The van der Waals surface area contributed by atoms with E-state index in [1.54, 1.807) is 6.92 Å². The lowest BCUT2D eigenvalue weighted by Gasteiger charge is -2.03. The van der Waals surface area contributed by atoms with Gasteiger partial charge in [0.1, 0.15) is 0 Å². The molecule has 0 saturated carbocycles. The van der Waals surface area contributed by atoms with E-state index < -0.39 is 0 Å². The zero-order valence-corrected chi connectivity index (χ0v) is 6.33. The Morgan fingerprint density at radius 3 is 2.82 bits per heavy atom. The van der Waals surface area contributed by atoms with Crippen molar-refractivity contribution in [2.45, 2.75) is 6.92 Å². The lowest BCUT2D eigenvalue weighted by atomic mass is 10.4. The van der Waals surface area contributed by atoms with Crippen molar-refractivity contribution in [3.8, 4) is 5.88 Å². The van der Waals surface area contributed by atoms with E-state index in [2.05, 4.69) is 4.98 Å². The van der Waals surface area contributed by atoms with E-state index >= 15 is 0 Å². The number of aromatic nitrogens is 2. The fourth-order valence-corrected chi connectivity index (χ4v) is 0.695. The largest absolute Gasteiger partial charge is 0.481 e. The Balaban J connectivity index is 3.32. The Bertz CT molecular complexity index is 318. The summed E-state index contributed by atoms with van der Waals surface area (Å²) in [6, 6.07) is 1.54. The van der Waals surface area contributed by atoms with Crippen molar-refractivity contribution in [2.24, 2.45) is 0 Å². The Morgan fingerprint density at radius 1 is 1.73 bits per heavy atom. The molecular formula is C6H9N3O2. The number of aryl methyl sites for hydroxylation is 1. The van der Waals surface area contributed by atoms with Crippen LogP contribution < -0.4 is 10.4 Å². The van der Waals surface area contributed by atoms with Gasteiger partial charge in [-0.25, -0.2) is 0 Å². The topological polar surface area (TPSA) is 71.1 Å². The predicted molar refractivity (Wildman–Crippen MR) is 36.6 cm³/mol. The third-order valence-corrected chi connectivity index (χ3v) is 1.29. The molecule has 0 spiro atoms. The van der Waals surface area contributed by atoms with Crippen LogP contribution in [0.15, 0.2) is 6.07 Å². The molecule has 2 N–H and O–H groups in total. The second kappa shape index (κ2) is 2.61. The van der Waals surface area contributed by atoms with Crippen LogP contribution in [0.2, 0.25) is 0 Å². The summed E-state index contributed by atoms with van der Waals surface area (Å²) in [5.74, 6) is 0.331. The fourth-order valence-electron chi connectivity index (χ4n) is 0.695. The van der Waals surface area contributed by atoms with Crippen LogP contribution in [0.5, 0.6) is 5.88 Å². The Kier molecular flexibility index (Phi) is 1.80. The van der Waals surface area contributed by atoms with Gasteiger partial charge in [-0.05, 0) is 6.92 Å². The number of ether oxygens (including phenoxy) is 1. The molecule has 5 nitrogen and oxygen atoms in total. The zero-order valence-electron chi connectivity index (χ0n) is 6.33. The quantitative estimate of drug-likeness (QED) is 0.557. The SMILES string of the molecule is COc1cc(C)n(O)c(=N)n1. The van der Waals surface area contributed by atoms with Gasteiger partial charge < -0.3 is 9.94 Å². The summed E-state index contributed by atoms with van der Waals surface area (Å²) < 4.78 is 5.46. The van der Waals surface area contributed by atoms with Crippen LogP contribution in [0, 0.1) is 12.3 Å². The van der Waals surface area contributed by atoms with Crippen molar-refractivity contribution in [3.63, 3.8) is 0 Å². The van der Waals surface area contributed by atoms with Crippen LogP contribution >= 0.6 is 0 Å². The fraction of sp³-hybridized carbons (Fsp3) is 0.333. The molecule has 60 valence electrons. The van der Waals surface area contributed by atoms with Crippen molar-refractivity contribution in [2.75, 3.05) is 7.11 Å². The van der Waals surface area contributed by atoms with Gasteiger partial charge in [-0.1, -0.05) is 0 Å². The minimum atomic E-state index is -0.234. The first-order chi connectivity index (χ1) is 5.15. The lowest BCUT2D eigenvalue weighted by Crippen LogP contribution is -2.23. The first-order valence-electron chi connectivity index (χ1n) is 3.03. The maximum Gasteiger partial charge on any atom is 0.258 e. The van der Waals surface area contributed by atoms with E-state index in [4.69, 9.17) is 15.4 Å². The average molecular weight is 155 g/mol. The first kappa shape index (κ1) is 7.59. The molecule has 0 aliphatic heterocycles. The van der Waals surface area contributed by atoms with Crippen molar-refractivity contribution >= 4 is 0 Å². The van der Waals surface area contributed by atoms with Crippen LogP contribution in [-0.4, -0.2) is 22.0 Å². The summed E-state index contributed by atoms with van der Waals surface area (Å²) in [4.78, 5) is 3.61. The highest BCUT2D eigenvalue weighted by Crippen LogP contribution is 2.02. The second-order valence-electron chi connectivity index (χ2n) is 2.08. The van der Waals surface area contributed by atoms with Crippen molar-refractivity contribution < 1.29 is 9.94 Å². The molecule has 0 saturated heterocycles. The summed E-state index contributed by atoms with van der Waals surface area (Å²) in [5.41, 5.74) is 0.281. The van der Waals surface area contributed by atoms with Gasteiger partial charge in [-0.15, -0.1) is 0 Å². The number of nitrogens with one attached hydrogen (secondary N) is 1. The molecule has 0 unspecified atom stereocenters. The molecule has 0 atom stereocenters. The van der Waals surface area contributed by atoms with Crippen LogP contribution in [0.25, 0.3) is 0 Å². The molecule has 0 radical (unpaired) electrons. The molecule has 0 fully saturated rings. The number of hydrogen-bond donors (Lipinski definition) is 2. The third-order valence-electron chi connectivity index (χ3n) is 1.29. The summed E-state index contributed by atoms with van der Waals surface area (Å²) >= 11 is 0. The van der Waals surface area contributed by atoms with Crippen molar-refractivity contribution in [1.29, 1.82) is 5.41 Å². The minimum absolute atomic E-state index is 0.234. The van der Waals surface area contributed by atoms with E-state index in [0.717, 1.165) is 0 Å². The molecule has 1 rings (SSSR count). The molecule has 11 heavy (non-hydrogen) atoms. The Hall–Kier alpha value is -1.52. The van der Waals surface area contributed by atoms with Crippen molar-refractivity contribution in [3.05, 3.63) is 17.4 Å². The summed E-state index contributed by atoms with van der Waals surface area (Å²) in [7, 11) is 1.46. The number of hydrogen-bond acceptors (Lipinski definition) is 4. The molecule has 0 aliphatic carbocycles. The van der Waals surface area contributed by atoms with Gasteiger partial charge in [0.15, 0.2) is 0 Å². The van der Waals surface area contributed by atoms with Crippen LogP contribution in [-0.2, 0) is 0 Å². The summed E-state index contributed by atoms with van der Waals surface area (Å²) in [6.07, 6.45) is 0. The highest BCUT2D eigenvalue weighted by molar-refractivity contribution is 5.11. The maximum atomic E-state index is 9.04. The van der Waals surface area contributed by atoms with E-state index in [1.165, 1.54) is 13.2 Å². The lowest BCUT2D eigenvalue weighted by molar-refractivity contribution is 0.156. The smallest absolute Gasteiger partial charge is 0.258 e. The van der Waals surface area contributed by atoms with E-state index in [9.17, 15) is 0 Å². The number of methoxy groups -OCH3 is 1. The van der Waals surface area contributed by atoms with Gasteiger partial charge in [-0.2, -0.15) is 9.71 Å². The Morgan fingerprint density at radius 2 is 2.36 bits per heavy atom. The molecule has 0 aliphatic rings. The summed E-state index contributed by atoms with van der Waals surface area (Å²) in [5, 5.41) is 16.2. The molecule has 0 amide bonds. The van der Waals surface area contributed by atoms with E-state index in [-0.39, 0.29) is 5.62 Å². The minimum Gasteiger partial charge on any atom is -0.481 e. The van der Waals surface area contributed by atoms with Gasteiger partial charge in [-0.3, -0.25) is 5.41 Å². The maximum absolute atomic E-state index is 9.04. The van der Waals surface area contributed by atoms with Crippen molar-refractivity contribution in [1.82, 2.24) is 9.71 Å². The first-order valence-corrected chi connectivity index (χ1v) is 3.03. The van der Waals surface area contributed by atoms with Gasteiger partial charge in [0, 0.05) is 6.07 Å². The molecule has 1 heterocycles. The molecule has 1 aromatic heterocycles. The van der Waals surface area contributed by atoms with E-state index in [0.29, 0.717) is 16.3 Å². The van der Waals surface area contributed by atoms with Gasteiger partial charge in [0.2, 0.25) is 5.88 Å². The number of nitrogens with zero attached hydrogens (tertiary/aromatic N) is 2.